The molecule has 9 nitrogen and oxygen atoms in total. The second kappa shape index (κ2) is 7.48. The van der Waals surface area contributed by atoms with Gasteiger partial charge in [-0.05, 0) is 18.6 Å². The molecule has 0 saturated carbocycles. The van der Waals surface area contributed by atoms with Crippen molar-refractivity contribution in [3.05, 3.63) is 75.5 Å². The minimum absolute atomic E-state index is 0.122. The second-order valence-electron chi connectivity index (χ2n) is 5.69. The topological polar surface area (TPSA) is 134 Å². The molecule has 9 heteroatoms. The van der Waals surface area contributed by atoms with Crippen LogP contribution in [-0.4, -0.2) is 32.3 Å². The molecular weight excluding hydrogens is 350 g/mol. The van der Waals surface area contributed by atoms with Crippen molar-refractivity contribution >= 4 is 17.8 Å². The molecule has 0 bridgehead atoms. The number of non-ortho nitro benzene ring substituents is 1. The van der Waals surface area contributed by atoms with Crippen LogP contribution in [0.1, 0.15) is 21.6 Å². The summed E-state index contributed by atoms with van der Waals surface area (Å²) in [7, 11) is 0. The molecule has 1 aromatic heterocycles. The lowest BCUT2D eigenvalue weighted by Gasteiger charge is -2.03. The summed E-state index contributed by atoms with van der Waals surface area (Å²) in [6.07, 6.45) is 1.14. The number of H-pyrrole nitrogens is 1. The molecule has 0 saturated heterocycles. The van der Waals surface area contributed by atoms with Gasteiger partial charge >= 0.3 is 0 Å². The van der Waals surface area contributed by atoms with E-state index in [-0.39, 0.29) is 22.7 Å². The molecule has 0 aliphatic rings. The first-order valence-electron chi connectivity index (χ1n) is 7.88. The molecule has 0 fully saturated rings. The number of rotatable bonds is 5. The van der Waals surface area contributed by atoms with Gasteiger partial charge in [0.15, 0.2) is 0 Å². The van der Waals surface area contributed by atoms with Crippen molar-refractivity contribution in [2.24, 2.45) is 5.10 Å². The molecule has 2 aromatic carbocycles. The van der Waals surface area contributed by atoms with E-state index in [0.717, 1.165) is 11.8 Å². The highest BCUT2D eigenvalue weighted by atomic mass is 16.6. The number of carbonyl (C=O) groups is 1. The predicted octanol–water partition coefficient (Wildman–Crippen LogP) is 2.76. The molecule has 27 heavy (non-hydrogen) atoms. The highest BCUT2D eigenvalue weighted by molar-refractivity contribution is 5.94. The minimum atomic E-state index is -0.571. The Labute approximate surface area is 153 Å². The summed E-state index contributed by atoms with van der Waals surface area (Å²) in [5.74, 6) is -0.686. The number of hydrogen-bond acceptors (Lipinski definition) is 6. The van der Waals surface area contributed by atoms with Crippen LogP contribution in [0.15, 0.2) is 53.6 Å². The first-order chi connectivity index (χ1) is 13.0. The van der Waals surface area contributed by atoms with Crippen molar-refractivity contribution in [2.45, 2.75) is 6.92 Å². The molecule has 1 heterocycles. The standard InChI is InChI=1S/C18H15N5O4/c1-11-7-14(23(26)27)8-13(17(11)24)10-19-22-18(25)16-9-15(20-21-16)12-5-3-2-4-6-12/h2-10,24H,1H3,(H,20,21)(H,22,25)/b19-10+. The number of nitro benzene ring substituents is 1. The fourth-order valence-corrected chi connectivity index (χ4v) is 2.41. The van der Waals surface area contributed by atoms with Gasteiger partial charge in [0.1, 0.15) is 11.4 Å². The number of nitro groups is 1. The van der Waals surface area contributed by atoms with E-state index in [9.17, 15) is 20.0 Å². The third kappa shape index (κ3) is 3.98. The Balaban J connectivity index is 1.73. The van der Waals surface area contributed by atoms with Gasteiger partial charge in [-0.2, -0.15) is 10.2 Å². The summed E-state index contributed by atoms with van der Waals surface area (Å²) < 4.78 is 0. The molecule has 0 aliphatic carbocycles. The van der Waals surface area contributed by atoms with Crippen molar-refractivity contribution in [1.82, 2.24) is 15.6 Å². The monoisotopic (exact) mass is 365 g/mol. The van der Waals surface area contributed by atoms with E-state index in [1.165, 1.54) is 19.1 Å². The molecule has 136 valence electrons. The summed E-state index contributed by atoms with van der Waals surface area (Å²) in [6, 6.07) is 13.3. The highest BCUT2D eigenvalue weighted by Crippen LogP contribution is 2.26. The zero-order chi connectivity index (χ0) is 19.4. The van der Waals surface area contributed by atoms with Crippen LogP contribution in [-0.2, 0) is 0 Å². The van der Waals surface area contributed by atoms with Crippen LogP contribution >= 0.6 is 0 Å². The van der Waals surface area contributed by atoms with Crippen LogP contribution in [0.5, 0.6) is 5.75 Å². The summed E-state index contributed by atoms with van der Waals surface area (Å²) in [6.45, 7) is 1.54. The summed E-state index contributed by atoms with van der Waals surface area (Å²) in [5, 5.41) is 31.3. The zero-order valence-corrected chi connectivity index (χ0v) is 14.2. The van der Waals surface area contributed by atoms with Crippen LogP contribution in [0.25, 0.3) is 11.3 Å². The second-order valence-corrected chi connectivity index (χ2v) is 5.69. The number of aryl methyl sites for hydroxylation is 1. The lowest BCUT2D eigenvalue weighted by molar-refractivity contribution is -0.384. The van der Waals surface area contributed by atoms with E-state index in [1.807, 2.05) is 30.3 Å². The number of phenols is 1. The van der Waals surface area contributed by atoms with Gasteiger partial charge < -0.3 is 5.11 Å². The molecule has 0 unspecified atom stereocenters. The first-order valence-corrected chi connectivity index (χ1v) is 7.88. The molecule has 0 spiro atoms. The van der Waals surface area contributed by atoms with Crippen molar-refractivity contribution in [2.75, 3.05) is 0 Å². The number of benzene rings is 2. The van der Waals surface area contributed by atoms with E-state index in [2.05, 4.69) is 20.7 Å². The molecule has 0 atom stereocenters. The minimum Gasteiger partial charge on any atom is -0.507 e. The molecule has 1 amide bonds. The number of hydrazone groups is 1. The first kappa shape index (κ1) is 17.8. The quantitative estimate of drug-likeness (QED) is 0.363. The van der Waals surface area contributed by atoms with Gasteiger partial charge in [-0.3, -0.25) is 20.0 Å². The number of nitrogens with one attached hydrogen (secondary N) is 2. The number of aromatic nitrogens is 2. The normalized spacial score (nSPS) is 10.9. The smallest absolute Gasteiger partial charge is 0.289 e. The molecule has 3 rings (SSSR count). The maximum absolute atomic E-state index is 12.1. The Bertz CT molecular complexity index is 1030. The van der Waals surface area contributed by atoms with Gasteiger partial charge in [0.25, 0.3) is 11.6 Å². The van der Waals surface area contributed by atoms with E-state index in [1.54, 1.807) is 6.07 Å². The number of amides is 1. The SMILES string of the molecule is Cc1cc([N+](=O)[O-])cc(/C=N/NC(=O)c2cc(-c3ccccc3)n[nH]2)c1O. The van der Waals surface area contributed by atoms with Gasteiger partial charge in [-0.15, -0.1) is 0 Å². The van der Waals surface area contributed by atoms with E-state index in [4.69, 9.17) is 0 Å². The number of hydrogen-bond donors (Lipinski definition) is 3. The number of aromatic hydroxyl groups is 1. The highest BCUT2D eigenvalue weighted by Gasteiger charge is 2.13. The van der Waals surface area contributed by atoms with Gasteiger partial charge in [-0.1, -0.05) is 30.3 Å². The molecule has 3 N–H and O–H groups in total. The Morgan fingerprint density at radius 2 is 2.04 bits per heavy atom. The van der Waals surface area contributed by atoms with E-state index >= 15 is 0 Å². The number of nitrogens with zero attached hydrogens (tertiary/aromatic N) is 3. The fraction of sp³-hybridized carbons (Fsp3) is 0.0556. The lowest BCUT2D eigenvalue weighted by Crippen LogP contribution is -2.18. The van der Waals surface area contributed by atoms with Crippen molar-refractivity contribution in [1.29, 1.82) is 0 Å². The van der Waals surface area contributed by atoms with Gasteiger partial charge in [-0.25, -0.2) is 5.43 Å². The summed E-state index contributed by atoms with van der Waals surface area (Å²) in [4.78, 5) is 22.5. The van der Waals surface area contributed by atoms with Crippen LogP contribution in [0.3, 0.4) is 0 Å². The van der Waals surface area contributed by atoms with Crippen molar-refractivity contribution in [3.8, 4) is 17.0 Å². The molecule has 0 radical (unpaired) electrons. The van der Waals surface area contributed by atoms with Gasteiger partial charge in [0, 0.05) is 23.3 Å². The molecule has 0 aliphatic heterocycles. The number of aromatic amines is 1. The number of phenolic OH excluding ortho intramolecular Hbond substituents is 1. The van der Waals surface area contributed by atoms with Crippen molar-refractivity contribution < 1.29 is 14.8 Å². The Kier molecular flexibility index (Phi) is 4.93. The Hall–Kier alpha value is -4.01. The summed E-state index contributed by atoms with van der Waals surface area (Å²) >= 11 is 0. The van der Waals surface area contributed by atoms with Crippen LogP contribution in [0, 0.1) is 17.0 Å². The van der Waals surface area contributed by atoms with Crippen molar-refractivity contribution in [3.63, 3.8) is 0 Å². The maximum atomic E-state index is 12.1. The fourth-order valence-electron chi connectivity index (χ4n) is 2.41. The van der Waals surface area contributed by atoms with E-state index < -0.39 is 10.8 Å². The van der Waals surface area contributed by atoms with Gasteiger partial charge in [0.2, 0.25) is 0 Å². The third-order valence-electron chi connectivity index (χ3n) is 3.79. The maximum Gasteiger partial charge on any atom is 0.289 e. The largest absolute Gasteiger partial charge is 0.507 e. The van der Waals surface area contributed by atoms with E-state index in [0.29, 0.717) is 11.3 Å². The van der Waals surface area contributed by atoms with Crippen LogP contribution in [0.4, 0.5) is 5.69 Å². The van der Waals surface area contributed by atoms with Gasteiger partial charge in [0.05, 0.1) is 16.8 Å². The molecular formula is C18H15N5O4. The van der Waals surface area contributed by atoms with Crippen LogP contribution < -0.4 is 5.43 Å². The van der Waals surface area contributed by atoms with Crippen LogP contribution in [0.2, 0.25) is 0 Å². The summed E-state index contributed by atoms with van der Waals surface area (Å²) in [5.41, 5.74) is 4.22. The Morgan fingerprint density at radius 1 is 1.30 bits per heavy atom. The average Bonchev–Trinajstić information content (AvgIpc) is 3.15. The average molecular weight is 365 g/mol. The molecule has 3 aromatic rings. The third-order valence-corrected chi connectivity index (χ3v) is 3.79. The zero-order valence-electron chi connectivity index (χ0n) is 14.2. The number of carbonyl (C=O) groups excluding carboxylic acids is 1. The Morgan fingerprint density at radius 3 is 2.74 bits per heavy atom. The lowest BCUT2D eigenvalue weighted by atomic mass is 10.1. The predicted molar refractivity (Wildman–Crippen MR) is 98.6 cm³/mol.